The van der Waals surface area contributed by atoms with Gasteiger partial charge in [0, 0.05) is 40.3 Å². The molecule has 1 fully saturated rings. The smallest absolute Gasteiger partial charge is 0.152 e. The molecule has 2 heterocycles. The Morgan fingerprint density at radius 2 is 1.93 bits per heavy atom. The highest BCUT2D eigenvalue weighted by molar-refractivity contribution is 6.34. The van der Waals surface area contributed by atoms with Crippen molar-refractivity contribution < 1.29 is 4.79 Å². The molecule has 0 radical (unpaired) electrons. The summed E-state index contributed by atoms with van der Waals surface area (Å²) in [6.45, 7) is 9.11. The molecule has 2 aromatic carbocycles. The van der Waals surface area contributed by atoms with E-state index in [2.05, 4.69) is 54.9 Å². The third kappa shape index (κ3) is 3.42. The number of H-pyrrole nitrogens is 1. The van der Waals surface area contributed by atoms with Crippen LogP contribution in [0.2, 0.25) is 5.02 Å². The van der Waals surface area contributed by atoms with Crippen molar-refractivity contribution in [3.63, 3.8) is 0 Å². The molecule has 0 spiro atoms. The molecule has 1 aliphatic rings. The van der Waals surface area contributed by atoms with Crippen LogP contribution < -0.4 is 0 Å². The number of nitrogens with zero attached hydrogens (tertiary/aromatic N) is 1. The summed E-state index contributed by atoms with van der Waals surface area (Å²) in [6.07, 6.45) is 3.80. The molecule has 4 rings (SSSR count). The van der Waals surface area contributed by atoms with Crippen LogP contribution in [-0.4, -0.2) is 34.8 Å². The average molecular weight is 381 g/mol. The molecule has 0 saturated carbocycles. The number of fused-ring (bicyclic) bond motifs is 1. The number of aldehydes is 1. The summed E-state index contributed by atoms with van der Waals surface area (Å²) >= 11 is 6.51. The third-order valence-electron chi connectivity index (χ3n) is 5.76. The maximum absolute atomic E-state index is 11.2. The molecule has 1 unspecified atom stereocenters. The Balaban J connectivity index is 1.62. The minimum Gasteiger partial charge on any atom is -0.360 e. The van der Waals surface area contributed by atoms with Crippen LogP contribution in [0.25, 0.3) is 22.0 Å². The second-order valence-corrected chi connectivity index (χ2v) is 8.87. The van der Waals surface area contributed by atoms with Crippen molar-refractivity contribution in [2.75, 3.05) is 13.1 Å². The Bertz CT molecular complexity index is 982. The quantitative estimate of drug-likeness (QED) is 0.575. The number of rotatable bonds is 3. The molecule has 1 atom stereocenters. The van der Waals surface area contributed by atoms with Crippen LogP contribution in [-0.2, 0) is 0 Å². The largest absolute Gasteiger partial charge is 0.360 e. The summed E-state index contributed by atoms with van der Waals surface area (Å²) in [6, 6.07) is 12.6. The highest BCUT2D eigenvalue weighted by Gasteiger charge is 2.30. The van der Waals surface area contributed by atoms with Crippen LogP contribution in [0.1, 0.15) is 49.0 Å². The van der Waals surface area contributed by atoms with Gasteiger partial charge in [-0.2, -0.15) is 0 Å². The molecule has 0 bridgehead atoms. The summed E-state index contributed by atoms with van der Waals surface area (Å²) in [5.74, 6) is 0.586. The Kier molecular flexibility index (Phi) is 4.61. The fraction of sp³-hybridized carbons (Fsp3) is 0.348. The lowest BCUT2D eigenvalue weighted by Gasteiger charge is -2.31. The van der Waals surface area contributed by atoms with Gasteiger partial charge >= 0.3 is 0 Å². The number of nitrogens with one attached hydrogen (secondary N) is 1. The molecule has 3 nitrogen and oxygen atoms in total. The van der Waals surface area contributed by atoms with Crippen molar-refractivity contribution in [3.8, 4) is 11.1 Å². The van der Waals surface area contributed by atoms with E-state index in [4.69, 9.17) is 11.6 Å². The Labute approximate surface area is 165 Å². The number of aromatic amines is 1. The van der Waals surface area contributed by atoms with Gasteiger partial charge in [-0.05, 0) is 62.9 Å². The molecule has 1 saturated heterocycles. The van der Waals surface area contributed by atoms with Crippen LogP contribution >= 0.6 is 11.6 Å². The van der Waals surface area contributed by atoms with E-state index in [1.54, 1.807) is 6.20 Å². The molecular formula is C23H25ClN2O. The minimum absolute atomic E-state index is 0.227. The van der Waals surface area contributed by atoms with Crippen molar-refractivity contribution in [1.82, 2.24) is 9.88 Å². The summed E-state index contributed by atoms with van der Waals surface area (Å²) in [4.78, 5) is 16.9. The standard InChI is InChI=1S/C23H25ClN2O/c1-23(2,3)26-9-8-17(13-26)15-4-6-16(7-5-15)19-10-20-18(14-27)12-25-22(20)11-21(19)24/h4-7,10-12,14,17,25H,8-9,13H2,1-3H3. The predicted molar refractivity (Wildman–Crippen MR) is 113 cm³/mol. The summed E-state index contributed by atoms with van der Waals surface area (Å²) < 4.78 is 0. The number of carbonyl (C=O) groups excluding carboxylic acids is 1. The van der Waals surface area contributed by atoms with E-state index >= 15 is 0 Å². The van der Waals surface area contributed by atoms with E-state index in [0.29, 0.717) is 16.5 Å². The van der Waals surface area contributed by atoms with Crippen LogP contribution in [0.5, 0.6) is 0 Å². The van der Waals surface area contributed by atoms with Gasteiger partial charge in [0.05, 0.1) is 5.02 Å². The zero-order valence-electron chi connectivity index (χ0n) is 16.1. The van der Waals surface area contributed by atoms with Crippen LogP contribution in [0.4, 0.5) is 0 Å². The number of hydrogen-bond acceptors (Lipinski definition) is 2. The van der Waals surface area contributed by atoms with Crippen molar-refractivity contribution in [2.45, 2.75) is 38.6 Å². The van der Waals surface area contributed by atoms with Gasteiger partial charge in [-0.25, -0.2) is 0 Å². The first kappa shape index (κ1) is 18.3. The fourth-order valence-corrected chi connectivity index (χ4v) is 4.33. The number of halogens is 1. The van der Waals surface area contributed by atoms with Gasteiger partial charge in [0.1, 0.15) is 0 Å². The van der Waals surface area contributed by atoms with E-state index in [1.807, 2.05) is 12.1 Å². The van der Waals surface area contributed by atoms with Crippen LogP contribution in [0.3, 0.4) is 0 Å². The molecule has 1 N–H and O–H groups in total. The molecule has 27 heavy (non-hydrogen) atoms. The van der Waals surface area contributed by atoms with Gasteiger partial charge < -0.3 is 4.98 Å². The minimum atomic E-state index is 0.227. The zero-order chi connectivity index (χ0) is 19.2. The first-order chi connectivity index (χ1) is 12.9. The molecule has 0 aliphatic carbocycles. The molecule has 3 aromatic rings. The van der Waals surface area contributed by atoms with Gasteiger partial charge in [-0.3, -0.25) is 9.69 Å². The number of carbonyl (C=O) groups is 1. The van der Waals surface area contributed by atoms with E-state index in [0.717, 1.165) is 41.4 Å². The second-order valence-electron chi connectivity index (χ2n) is 8.46. The Hall–Kier alpha value is -2.10. The SMILES string of the molecule is CC(C)(C)N1CCC(c2ccc(-c3cc4c(C=O)c[nH]c4cc3Cl)cc2)C1. The molecule has 1 aliphatic heterocycles. The van der Waals surface area contributed by atoms with Crippen LogP contribution in [0.15, 0.2) is 42.6 Å². The molecule has 0 amide bonds. The van der Waals surface area contributed by atoms with Gasteiger partial charge in [-0.1, -0.05) is 35.9 Å². The van der Waals surface area contributed by atoms with Crippen molar-refractivity contribution in [2.24, 2.45) is 0 Å². The van der Waals surface area contributed by atoms with Crippen molar-refractivity contribution >= 4 is 28.8 Å². The summed E-state index contributed by atoms with van der Waals surface area (Å²) in [5, 5.41) is 1.60. The normalized spacial score (nSPS) is 18.3. The summed E-state index contributed by atoms with van der Waals surface area (Å²) in [5.41, 5.74) is 5.20. The highest BCUT2D eigenvalue weighted by atomic mass is 35.5. The lowest BCUT2D eigenvalue weighted by molar-refractivity contribution is 0.112. The van der Waals surface area contributed by atoms with Gasteiger partial charge in [0.15, 0.2) is 6.29 Å². The topological polar surface area (TPSA) is 36.1 Å². The monoisotopic (exact) mass is 380 g/mol. The highest BCUT2D eigenvalue weighted by Crippen LogP contribution is 2.35. The van der Waals surface area contributed by atoms with Crippen molar-refractivity contribution in [1.29, 1.82) is 0 Å². The number of likely N-dealkylation sites (tertiary alicyclic amines) is 1. The van der Waals surface area contributed by atoms with Crippen molar-refractivity contribution in [3.05, 3.63) is 58.7 Å². The Morgan fingerprint density at radius 3 is 2.56 bits per heavy atom. The predicted octanol–water partition coefficient (Wildman–Crippen LogP) is 5.89. The molecule has 4 heteroatoms. The second kappa shape index (κ2) is 6.81. The number of aromatic nitrogens is 1. The van der Waals surface area contributed by atoms with E-state index in [1.165, 1.54) is 12.0 Å². The van der Waals surface area contributed by atoms with Gasteiger partial charge in [0.25, 0.3) is 0 Å². The van der Waals surface area contributed by atoms with E-state index < -0.39 is 0 Å². The van der Waals surface area contributed by atoms with E-state index in [9.17, 15) is 4.79 Å². The van der Waals surface area contributed by atoms with Gasteiger partial charge in [-0.15, -0.1) is 0 Å². The number of benzene rings is 2. The van der Waals surface area contributed by atoms with E-state index in [-0.39, 0.29) is 5.54 Å². The fourth-order valence-electron chi connectivity index (χ4n) is 4.06. The Morgan fingerprint density at radius 1 is 1.19 bits per heavy atom. The van der Waals surface area contributed by atoms with Gasteiger partial charge in [0.2, 0.25) is 0 Å². The molecule has 1 aromatic heterocycles. The average Bonchev–Trinajstić information content (AvgIpc) is 3.28. The summed E-state index contributed by atoms with van der Waals surface area (Å²) in [7, 11) is 0. The third-order valence-corrected chi connectivity index (χ3v) is 6.07. The first-order valence-electron chi connectivity index (χ1n) is 9.48. The first-order valence-corrected chi connectivity index (χ1v) is 9.86. The maximum Gasteiger partial charge on any atom is 0.152 e. The van der Waals surface area contributed by atoms with Crippen LogP contribution in [0, 0.1) is 0 Å². The molecule has 140 valence electrons. The zero-order valence-corrected chi connectivity index (χ0v) is 16.8. The lowest BCUT2D eigenvalue weighted by atomic mass is 9.95. The number of hydrogen-bond donors (Lipinski definition) is 1. The maximum atomic E-state index is 11.2. The lowest BCUT2D eigenvalue weighted by Crippen LogP contribution is -2.39. The molecular weight excluding hydrogens is 356 g/mol.